The molecule has 2 aromatic carbocycles. The Morgan fingerprint density at radius 1 is 1.04 bits per heavy atom. The summed E-state index contributed by atoms with van der Waals surface area (Å²) in [4.78, 5) is 16.5. The number of nitrogens with one attached hydrogen (secondary N) is 2. The summed E-state index contributed by atoms with van der Waals surface area (Å²) in [7, 11) is 1.64. The van der Waals surface area contributed by atoms with Crippen LogP contribution in [0.15, 0.2) is 66.9 Å². The van der Waals surface area contributed by atoms with Gasteiger partial charge >= 0.3 is 0 Å². The molecule has 5 nitrogen and oxygen atoms in total. The molecule has 0 saturated heterocycles. The van der Waals surface area contributed by atoms with Crippen LogP contribution < -0.4 is 15.4 Å². The van der Waals surface area contributed by atoms with Gasteiger partial charge in [0.1, 0.15) is 17.4 Å². The van der Waals surface area contributed by atoms with Crippen molar-refractivity contribution in [3.05, 3.63) is 89.4 Å². The van der Waals surface area contributed by atoms with Gasteiger partial charge in [-0.3, -0.25) is 4.79 Å². The number of hydrogen-bond acceptors (Lipinski definition) is 4. The molecule has 2 N–H and O–H groups in total. The molecule has 0 atom stereocenters. The highest BCUT2D eigenvalue weighted by Crippen LogP contribution is 2.18. The second kappa shape index (κ2) is 9.50. The molecule has 144 valence electrons. The highest BCUT2D eigenvalue weighted by molar-refractivity contribution is 5.94. The molecule has 0 bridgehead atoms. The van der Waals surface area contributed by atoms with E-state index in [-0.39, 0.29) is 11.7 Å². The summed E-state index contributed by atoms with van der Waals surface area (Å²) >= 11 is 0. The zero-order valence-electron chi connectivity index (χ0n) is 15.6. The van der Waals surface area contributed by atoms with Crippen molar-refractivity contribution in [2.75, 3.05) is 19.0 Å². The monoisotopic (exact) mass is 379 g/mol. The molecule has 0 aliphatic rings. The molecule has 0 spiro atoms. The van der Waals surface area contributed by atoms with Gasteiger partial charge in [-0.15, -0.1) is 0 Å². The summed E-state index contributed by atoms with van der Waals surface area (Å²) in [6.45, 7) is 0.915. The van der Waals surface area contributed by atoms with Crippen molar-refractivity contribution >= 4 is 11.7 Å². The van der Waals surface area contributed by atoms with Crippen LogP contribution in [0.4, 0.5) is 10.2 Å². The number of carbonyl (C=O) groups is 1. The average Bonchev–Trinajstić information content (AvgIpc) is 2.74. The second-order valence-corrected chi connectivity index (χ2v) is 6.19. The number of carbonyl (C=O) groups excluding carboxylic acids is 1. The first-order chi connectivity index (χ1) is 13.7. The Morgan fingerprint density at radius 3 is 2.50 bits per heavy atom. The third kappa shape index (κ3) is 5.07. The first-order valence-corrected chi connectivity index (χ1v) is 9.01. The normalized spacial score (nSPS) is 10.4. The average molecular weight is 379 g/mol. The first-order valence-electron chi connectivity index (χ1n) is 9.01. The molecule has 3 rings (SSSR count). The minimum atomic E-state index is -0.260. The van der Waals surface area contributed by atoms with Gasteiger partial charge in [-0.2, -0.15) is 0 Å². The maximum atomic E-state index is 13.6. The second-order valence-electron chi connectivity index (χ2n) is 6.19. The van der Waals surface area contributed by atoms with Crippen molar-refractivity contribution in [1.29, 1.82) is 0 Å². The van der Waals surface area contributed by atoms with Crippen LogP contribution in [0, 0.1) is 5.82 Å². The summed E-state index contributed by atoms with van der Waals surface area (Å²) < 4.78 is 18.9. The molecule has 0 radical (unpaired) electrons. The third-order valence-corrected chi connectivity index (χ3v) is 4.32. The standard InChI is InChI=1S/C22H22FN3O2/c1-28-20-9-5-3-7-17(20)14-25-21-11-10-18(15-26-21)22(27)24-13-12-16-6-2-4-8-19(16)23/h2-11,15H,12-14H2,1H3,(H,24,27)(H,25,26). The molecule has 0 unspecified atom stereocenters. The third-order valence-electron chi connectivity index (χ3n) is 4.32. The number of aromatic nitrogens is 1. The Morgan fingerprint density at radius 2 is 1.79 bits per heavy atom. The van der Waals surface area contributed by atoms with Gasteiger partial charge in [0.15, 0.2) is 0 Å². The molecule has 0 aliphatic carbocycles. The maximum absolute atomic E-state index is 13.6. The number of rotatable bonds is 8. The van der Waals surface area contributed by atoms with Crippen LogP contribution in [0.5, 0.6) is 5.75 Å². The molecule has 3 aromatic rings. The summed E-state index contributed by atoms with van der Waals surface area (Å²) in [5.41, 5.74) is 2.05. The highest BCUT2D eigenvalue weighted by Gasteiger charge is 2.07. The van der Waals surface area contributed by atoms with E-state index in [1.807, 2.05) is 24.3 Å². The van der Waals surface area contributed by atoms with Crippen LogP contribution in [-0.4, -0.2) is 24.5 Å². The van der Waals surface area contributed by atoms with Gasteiger partial charge in [-0.05, 0) is 36.2 Å². The number of halogens is 1. The maximum Gasteiger partial charge on any atom is 0.252 e. The number of amides is 1. The minimum absolute atomic E-state index is 0.236. The SMILES string of the molecule is COc1ccccc1CNc1ccc(C(=O)NCCc2ccccc2F)cn1. The van der Waals surface area contributed by atoms with Gasteiger partial charge in [0.25, 0.3) is 5.91 Å². The van der Waals surface area contributed by atoms with E-state index >= 15 is 0 Å². The molecular formula is C22H22FN3O2. The number of para-hydroxylation sites is 1. The summed E-state index contributed by atoms with van der Waals surface area (Å²) in [5, 5.41) is 5.99. The summed E-state index contributed by atoms with van der Waals surface area (Å²) in [6.07, 6.45) is 1.95. The van der Waals surface area contributed by atoms with E-state index in [1.165, 1.54) is 12.3 Å². The smallest absolute Gasteiger partial charge is 0.252 e. The van der Waals surface area contributed by atoms with Crippen LogP contribution in [-0.2, 0) is 13.0 Å². The van der Waals surface area contributed by atoms with Crippen LogP contribution in [0.25, 0.3) is 0 Å². The Hall–Kier alpha value is -3.41. The molecule has 0 saturated carbocycles. The Balaban J connectivity index is 1.50. The molecular weight excluding hydrogens is 357 g/mol. The summed E-state index contributed by atoms with van der Waals surface area (Å²) in [5.74, 6) is 0.971. The summed E-state index contributed by atoms with van der Waals surface area (Å²) in [6, 6.07) is 17.7. The van der Waals surface area contributed by atoms with Crippen molar-refractivity contribution in [3.8, 4) is 5.75 Å². The molecule has 28 heavy (non-hydrogen) atoms. The Bertz CT molecular complexity index is 929. The van der Waals surface area contributed by atoms with E-state index in [2.05, 4.69) is 15.6 Å². The Kier molecular flexibility index (Phi) is 6.57. The van der Waals surface area contributed by atoms with Gasteiger partial charge in [-0.25, -0.2) is 9.37 Å². The zero-order valence-corrected chi connectivity index (χ0v) is 15.6. The van der Waals surface area contributed by atoms with Crippen LogP contribution >= 0.6 is 0 Å². The molecule has 0 aliphatic heterocycles. The van der Waals surface area contributed by atoms with Crippen molar-refractivity contribution in [2.24, 2.45) is 0 Å². The van der Waals surface area contributed by atoms with E-state index in [0.717, 1.165) is 11.3 Å². The molecule has 1 heterocycles. The predicted molar refractivity (Wildman–Crippen MR) is 107 cm³/mol. The van der Waals surface area contributed by atoms with Gasteiger partial charge in [0.05, 0.1) is 12.7 Å². The van der Waals surface area contributed by atoms with Crippen molar-refractivity contribution < 1.29 is 13.9 Å². The van der Waals surface area contributed by atoms with E-state index in [9.17, 15) is 9.18 Å². The Labute approximate surface area is 163 Å². The quantitative estimate of drug-likeness (QED) is 0.625. The number of hydrogen-bond donors (Lipinski definition) is 2. The lowest BCUT2D eigenvalue weighted by Crippen LogP contribution is -2.26. The van der Waals surface area contributed by atoms with Crippen LogP contribution in [0.1, 0.15) is 21.5 Å². The fourth-order valence-electron chi connectivity index (χ4n) is 2.78. The number of anilines is 1. The van der Waals surface area contributed by atoms with Crippen molar-refractivity contribution in [3.63, 3.8) is 0 Å². The van der Waals surface area contributed by atoms with Gasteiger partial charge in [0, 0.05) is 24.8 Å². The van der Waals surface area contributed by atoms with Gasteiger partial charge in [-0.1, -0.05) is 36.4 Å². The fraction of sp³-hybridized carbons (Fsp3) is 0.182. The lowest BCUT2D eigenvalue weighted by atomic mass is 10.1. The molecule has 1 amide bonds. The van der Waals surface area contributed by atoms with E-state index in [1.54, 1.807) is 37.4 Å². The minimum Gasteiger partial charge on any atom is -0.496 e. The van der Waals surface area contributed by atoms with E-state index in [0.29, 0.717) is 36.5 Å². The van der Waals surface area contributed by atoms with Gasteiger partial charge < -0.3 is 15.4 Å². The van der Waals surface area contributed by atoms with E-state index in [4.69, 9.17) is 4.74 Å². The number of benzene rings is 2. The molecule has 1 aromatic heterocycles. The van der Waals surface area contributed by atoms with Crippen LogP contribution in [0.3, 0.4) is 0 Å². The lowest BCUT2D eigenvalue weighted by Gasteiger charge is -2.10. The topological polar surface area (TPSA) is 63.2 Å². The van der Waals surface area contributed by atoms with Gasteiger partial charge in [0.2, 0.25) is 0 Å². The number of methoxy groups -OCH3 is 1. The fourth-order valence-corrected chi connectivity index (χ4v) is 2.78. The first kappa shape index (κ1) is 19.4. The lowest BCUT2D eigenvalue weighted by molar-refractivity contribution is 0.0953. The molecule has 0 fully saturated rings. The number of nitrogens with zero attached hydrogens (tertiary/aromatic N) is 1. The van der Waals surface area contributed by atoms with Crippen molar-refractivity contribution in [2.45, 2.75) is 13.0 Å². The largest absolute Gasteiger partial charge is 0.496 e. The predicted octanol–water partition coefficient (Wildman–Crippen LogP) is 3.81. The number of pyridine rings is 1. The molecule has 6 heteroatoms. The van der Waals surface area contributed by atoms with E-state index < -0.39 is 0 Å². The van der Waals surface area contributed by atoms with Crippen LogP contribution in [0.2, 0.25) is 0 Å². The highest BCUT2D eigenvalue weighted by atomic mass is 19.1. The van der Waals surface area contributed by atoms with Crippen molar-refractivity contribution in [1.82, 2.24) is 10.3 Å². The number of ether oxygens (including phenoxy) is 1. The zero-order chi connectivity index (χ0) is 19.8.